The van der Waals surface area contributed by atoms with Crippen LogP contribution in [0.4, 0.5) is 0 Å². The number of sulfonamides is 1. The third-order valence-electron chi connectivity index (χ3n) is 3.47. The number of ether oxygens (including phenoxy) is 1. The lowest BCUT2D eigenvalue weighted by Crippen LogP contribution is -2.39. The van der Waals surface area contributed by atoms with E-state index < -0.39 is 10.0 Å². The summed E-state index contributed by atoms with van der Waals surface area (Å²) in [6.45, 7) is 6.20. The van der Waals surface area contributed by atoms with E-state index in [9.17, 15) is 8.42 Å². The highest BCUT2D eigenvalue weighted by Gasteiger charge is 2.22. The average molecular weight is 278 g/mol. The van der Waals surface area contributed by atoms with Crippen LogP contribution in [0.3, 0.4) is 0 Å². The molecule has 1 saturated heterocycles. The third-order valence-corrected chi connectivity index (χ3v) is 4.87. The zero-order valence-electron chi connectivity index (χ0n) is 11.3. The molecule has 6 heteroatoms. The molecule has 18 heavy (non-hydrogen) atoms. The molecule has 1 atom stereocenters. The first-order chi connectivity index (χ1) is 8.54. The zero-order chi connectivity index (χ0) is 13.4. The van der Waals surface area contributed by atoms with Crippen LogP contribution in [0.15, 0.2) is 0 Å². The van der Waals surface area contributed by atoms with Crippen molar-refractivity contribution in [1.82, 2.24) is 4.90 Å². The molecule has 108 valence electrons. The molecule has 1 heterocycles. The minimum Gasteiger partial charge on any atom is -0.379 e. The summed E-state index contributed by atoms with van der Waals surface area (Å²) in [6, 6.07) is 0. The first-order valence-corrected chi connectivity index (χ1v) is 8.46. The molecular weight excluding hydrogens is 252 g/mol. The first-order valence-electron chi connectivity index (χ1n) is 6.85. The molecule has 1 unspecified atom stereocenters. The largest absolute Gasteiger partial charge is 0.379 e. The van der Waals surface area contributed by atoms with Crippen LogP contribution >= 0.6 is 0 Å². The Hall–Kier alpha value is -0.170. The van der Waals surface area contributed by atoms with Gasteiger partial charge < -0.3 is 4.74 Å². The second-order valence-electron chi connectivity index (χ2n) is 4.95. The van der Waals surface area contributed by atoms with Gasteiger partial charge in [-0.3, -0.25) is 4.90 Å². The van der Waals surface area contributed by atoms with E-state index in [1.807, 2.05) is 0 Å². The van der Waals surface area contributed by atoms with Crippen LogP contribution in [0.2, 0.25) is 0 Å². The number of morpholine rings is 1. The van der Waals surface area contributed by atoms with Gasteiger partial charge in [0.25, 0.3) is 0 Å². The molecule has 0 saturated carbocycles. The van der Waals surface area contributed by atoms with Crippen LogP contribution in [0.1, 0.15) is 39.0 Å². The van der Waals surface area contributed by atoms with E-state index in [0.717, 1.165) is 52.1 Å². The first kappa shape index (κ1) is 15.9. The van der Waals surface area contributed by atoms with Crippen molar-refractivity contribution in [3.05, 3.63) is 0 Å². The van der Waals surface area contributed by atoms with Crippen molar-refractivity contribution in [1.29, 1.82) is 0 Å². The lowest BCUT2D eigenvalue weighted by molar-refractivity contribution is 0.0372. The maximum atomic E-state index is 11.5. The summed E-state index contributed by atoms with van der Waals surface area (Å²) in [4.78, 5) is 2.25. The minimum absolute atomic E-state index is 0.383. The molecule has 1 fully saturated rings. The summed E-state index contributed by atoms with van der Waals surface area (Å²) in [6.07, 6.45) is 4.45. The van der Waals surface area contributed by atoms with E-state index >= 15 is 0 Å². The number of primary sulfonamides is 1. The van der Waals surface area contributed by atoms with Crippen molar-refractivity contribution in [2.24, 2.45) is 5.14 Å². The molecule has 0 aliphatic carbocycles. The quantitative estimate of drug-likeness (QED) is 0.671. The van der Waals surface area contributed by atoms with Gasteiger partial charge in [-0.05, 0) is 19.4 Å². The predicted octanol–water partition coefficient (Wildman–Crippen LogP) is 0.946. The molecule has 1 aliphatic heterocycles. The Kier molecular flexibility index (Phi) is 7.14. The fraction of sp³-hybridized carbons (Fsp3) is 1.00. The number of rotatable bonds is 8. The van der Waals surface area contributed by atoms with Gasteiger partial charge in [0.15, 0.2) is 0 Å². The molecule has 1 aliphatic rings. The highest BCUT2D eigenvalue weighted by Crippen LogP contribution is 2.14. The molecule has 0 aromatic heterocycles. The second-order valence-corrected chi connectivity index (χ2v) is 6.79. The number of hydrogen-bond donors (Lipinski definition) is 1. The fourth-order valence-corrected chi connectivity index (χ4v) is 3.18. The van der Waals surface area contributed by atoms with E-state index in [4.69, 9.17) is 9.88 Å². The van der Waals surface area contributed by atoms with Crippen LogP contribution in [-0.4, -0.2) is 51.4 Å². The van der Waals surface area contributed by atoms with Crippen LogP contribution in [0, 0.1) is 0 Å². The lowest BCUT2D eigenvalue weighted by atomic mass is 10.1. The maximum absolute atomic E-state index is 11.5. The minimum atomic E-state index is -3.40. The summed E-state index contributed by atoms with van der Waals surface area (Å²) in [5.74, 6) is 0. The Balaban J connectivity index is 2.35. The van der Waals surface area contributed by atoms with E-state index in [-0.39, 0.29) is 5.25 Å². The van der Waals surface area contributed by atoms with Gasteiger partial charge in [-0.2, -0.15) is 0 Å². The molecule has 0 radical (unpaired) electrons. The van der Waals surface area contributed by atoms with Gasteiger partial charge >= 0.3 is 0 Å². The Morgan fingerprint density at radius 1 is 1.22 bits per heavy atom. The van der Waals surface area contributed by atoms with Crippen molar-refractivity contribution in [3.8, 4) is 0 Å². The molecule has 5 nitrogen and oxygen atoms in total. The SMILES string of the molecule is CCCCCC(CCN1CCOCC1)S(N)(=O)=O. The van der Waals surface area contributed by atoms with Gasteiger partial charge in [0.2, 0.25) is 10.0 Å². The Bertz CT molecular complexity index is 313. The van der Waals surface area contributed by atoms with E-state index in [1.165, 1.54) is 0 Å². The number of hydrogen-bond acceptors (Lipinski definition) is 4. The van der Waals surface area contributed by atoms with Crippen LogP contribution < -0.4 is 5.14 Å². The summed E-state index contributed by atoms with van der Waals surface area (Å²) < 4.78 is 28.3. The summed E-state index contributed by atoms with van der Waals surface area (Å²) in [5.41, 5.74) is 0. The summed E-state index contributed by atoms with van der Waals surface area (Å²) in [7, 11) is -3.40. The monoisotopic (exact) mass is 278 g/mol. The second kappa shape index (κ2) is 8.09. The Labute approximate surface area is 111 Å². The highest BCUT2D eigenvalue weighted by molar-refractivity contribution is 7.89. The summed E-state index contributed by atoms with van der Waals surface area (Å²) >= 11 is 0. The molecule has 1 rings (SSSR count). The van der Waals surface area contributed by atoms with Crippen LogP contribution in [-0.2, 0) is 14.8 Å². The predicted molar refractivity (Wildman–Crippen MR) is 72.9 cm³/mol. The Morgan fingerprint density at radius 3 is 2.44 bits per heavy atom. The van der Waals surface area contributed by atoms with Crippen molar-refractivity contribution in [2.75, 3.05) is 32.8 Å². The fourth-order valence-electron chi connectivity index (χ4n) is 2.25. The zero-order valence-corrected chi connectivity index (χ0v) is 12.1. The number of nitrogens with two attached hydrogens (primary N) is 1. The standard InChI is InChI=1S/C12H26N2O3S/c1-2-3-4-5-12(18(13,15)16)6-7-14-8-10-17-11-9-14/h12H,2-11H2,1H3,(H2,13,15,16). The number of unbranched alkanes of at least 4 members (excludes halogenated alkanes) is 2. The van der Waals surface area contributed by atoms with E-state index in [1.54, 1.807) is 0 Å². The Morgan fingerprint density at radius 2 is 1.89 bits per heavy atom. The van der Waals surface area contributed by atoms with Gasteiger partial charge in [-0.1, -0.05) is 26.2 Å². The molecule has 0 spiro atoms. The topological polar surface area (TPSA) is 72.6 Å². The third kappa shape index (κ3) is 6.13. The molecule has 0 bridgehead atoms. The van der Waals surface area contributed by atoms with Gasteiger partial charge in [0.1, 0.15) is 0 Å². The van der Waals surface area contributed by atoms with E-state index in [0.29, 0.717) is 12.8 Å². The maximum Gasteiger partial charge on any atom is 0.212 e. The molecule has 0 aromatic carbocycles. The molecule has 0 amide bonds. The smallest absolute Gasteiger partial charge is 0.212 e. The highest BCUT2D eigenvalue weighted by atomic mass is 32.2. The molecule has 0 aromatic rings. The van der Waals surface area contributed by atoms with Gasteiger partial charge in [-0.15, -0.1) is 0 Å². The van der Waals surface area contributed by atoms with Gasteiger partial charge in [0.05, 0.1) is 18.5 Å². The van der Waals surface area contributed by atoms with Crippen LogP contribution in [0.5, 0.6) is 0 Å². The van der Waals surface area contributed by atoms with E-state index in [2.05, 4.69) is 11.8 Å². The lowest BCUT2D eigenvalue weighted by Gasteiger charge is -2.27. The van der Waals surface area contributed by atoms with Gasteiger partial charge in [0, 0.05) is 13.1 Å². The summed E-state index contributed by atoms with van der Waals surface area (Å²) in [5, 5.41) is 4.92. The van der Waals surface area contributed by atoms with Crippen molar-refractivity contribution >= 4 is 10.0 Å². The van der Waals surface area contributed by atoms with Crippen molar-refractivity contribution in [2.45, 2.75) is 44.3 Å². The molecule has 2 N–H and O–H groups in total. The molecular formula is C12H26N2O3S. The normalized spacial score (nSPS) is 19.9. The average Bonchev–Trinajstić information content (AvgIpc) is 2.33. The number of nitrogens with zero attached hydrogens (tertiary/aromatic N) is 1. The van der Waals surface area contributed by atoms with Crippen molar-refractivity contribution in [3.63, 3.8) is 0 Å². The van der Waals surface area contributed by atoms with Gasteiger partial charge in [-0.25, -0.2) is 13.6 Å². The van der Waals surface area contributed by atoms with Crippen LogP contribution in [0.25, 0.3) is 0 Å². The van der Waals surface area contributed by atoms with Crippen molar-refractivity contribution < 1.29 is 13.2 Å².